The molecule has 332 valence electrons. The van der Waals surface area contributed by atoms with Crippen LogP contribution in [0.5, 0.6) is 0 Å². The van der Waals surface area contributed by atoms with Crippen LogP contribution in [-0.4, -0.2) is 114 Å². The average Bonchev–Trinajstić information content (AvgIpc) is 3.76. The van der Waals surface area contributed by atoms with Gasteiger partial charge in [-0.15, -0.1) is 0 Å². The lowest BCUT2D eigenvalue weighted by molar-refractivity contribution is -0.131. The second kappa shape index (κ2) is 18.7. The largest absolute Gasteiger partial charge is 0.475 e. The molecule has 3 aromatic heterocycles. The number of carbonyl (C=O) groups is 6. The van der Waals surface area contributed by atoms with Crippen molar-refractivity contribution in [2.75, 3.05) is 26.2 Å². The number of aromatic nitrogens is 3. The Bertz CT molecular complexity index is 2690. The second-order valence-electron chi connectivity index (χ2n) is 17.3. The van der Waals surface area contributed by atoms with Gasteiger partial charge in [-0.25, -0.2) is 14.8 Å². The fourth-order valence-corrected chi connectivity index (χ4v) is 9.64. The van der Waals surface area contributed by atoms with Gasteiger partial charge in [-0.3, -0.25) is 28.9 Å². The number of piperazine rings is 1. The van der Waals surface area contributed by atoms with Gasteiger partial charge in [0, 0.05) is 69.1 Å². The minimum Gasteiger partial charge on any atom is -0.475 e. The maximum absolute atomic E-state index is 13.9. The number of hydrogen-bond acceptors (Lipinski definition) is 9. The first kappa shape index (κ1) is 44.2. The number of benzene rings is 2. The molecule has 0 spiro atoms. The second-order valence-corrected chi connectivity index (χ2v) is 17.7. The molecular weight excluding hydrogens is 836 g/mol. The van der Waals surface area contributed by atoms with Crippen molar-refractivity contribution < 1.29 is 33.9 Å². The smallest absolute Gasteiger partial charge is 0.378 e. The predicted molar refractivity (Wildman–Crippen MR) is 241 cm³/mol. The molecule has 0 radical (unpaired) electrons. The number of rotatable bonds is 13. The Hall–Kier alpha value is -6.45. The van der Waals surface area contributed by atoms with Crippen LogP contribution < -0.4 is 5.73 Å². The van der Waals surface area contributed by atoms with E-state index < -0.39 is 29.4 Å². The Kier molecular flexibility index (Phi) is 12.9. The van der Waals surface area contributed by atoms with Crippen LogP contribution in [-0.2, 0) is 40.3 Å². The number of fused-ring (bicyclic) bond motifs is 2. The molecule has 64 heavy (non-hydrogen) atoms. The maximum atomic E-state index is 13.9. The Morgan fingerprint density at radius 2 is 1.61 bits per heavy atom. The van der Waals surface area contributed by atoms with E-state index in [1.165, 1.54) is 17.8 Å². The zero-order valence-corrected chi connectivity index (χ0v) is 36.6. The van der Waals surface area contributed by atoms with E-state index in [0.717, 1.165) is 48.8 Å². The summed E-state index contributed by atoms with van der Waals surface area (Å²) in [4.78, 5) is 95.0. The van der Waals surface area contributed by atoms with Crippen molar-refractivity contribution in [3.8, 4) is 0 Å². The molecule has 8 rings (SSSR count). The molecular formula is C48H51ClN8O7. The third-order valence-corrected chi connectivity index (χ3v) is 13.1. The maximum Gasteiger partial charge on any atom is 0.378 e. The van der Waals surface area contributed by atoms with Gasteiger partial charge in [0.15, 0.2) is 0 Å². The molecule has 0 saturated carbocycles. The zero-order valence-electron chi connectivity index (χ0n) is 35.9. The molecule has 4 N–H and O–H groups in total. The van der Waals surface area contributed by atoms with Crippen molar-refractivity contribution in [1.29, 1.82) is 0 Å². The third-order valence-electron chi connectivity index (χ3n) is 12.9. The number of primary amides is 1. The van der Waals surface area contributed by atoms with Gasteiger partial charge >= 0.3 is 5.97 Å². The molecule has 0 bridgehead atoms. The van der Waals surface area contributed by atoms with Gasteiger partial charge in [-0.1, -0.05) is 66.2 Å². The molecule has 3 aliphatic rings. The number of hydrogen-bond donors (Lipinski definition) is 3. The van der Waals surface area contributed by atoms with Gasteiger partial charge < -0.3 is 30.2 Å². The number of Topliss-reactive ketones (excluding diaryl/α,β-unsaturated/α-hetero) is 2. The van der Waals surface area contributed by atoms with Crippen molar-refractivity contribution in [2.24, 2.45) is 16.6 Å². The topological polar surface area (TPSA) is 204 Å². The number of carboxylic acids is 1. The van der Waals surface area contributed by atoms with Gasteiger partial charge in [0.25, 0.3) is 29.3 Å². The lowest BCUT2D eigenvalue weighted by Crippen LogP contribution is -2.57. The first-order valence-corrected chi connectivity index (χ1v) is 22.2. The summed E-state index contributed by atoms with van der Waals surface area (Å²) in [5.41, 5.74) is 10.1. The van der Waals surface area contributed by atoms with Crippen molar-refractivity contribution in [2.45, 2.75) is 84.0 Å². The average molecular weight is 887 g/mol. The lowest BCUT2D eigenvalue weighted by Gasteiger charge is -2.44. The van der Waals surface area contributed by atoms with E-state index in [4.69, 9.17) is 22.3 Å². The molecule has 15 nitrogen and oxygen atoms in total. The highest BCUT2D eigenvalue weighted by Gasteiger charge is 2.35. The van der Waals surface area contributed by atoms with E-state index in [1.54, 1.807) is 9.47 Å². The van der Waals surface area contributed by atoms with Crippen LogP contribution >= 0.6 is 11.6 Å². The number of carboxylic acid groups (broad SMARTS) is 1. The SMILES string of the molecule is C[C@@H]1CN(Cc2cccc(Cn3cc4c(c3C(=O)C(N)=O)N=C(C(=O)N3CCCC(CCc5ccccc5)CC3)CC4)c2)[C@@H](C)CN1C(=O)c1nc2c(C(=O)C(=O)O)[nH]cc2cc1Cl. The normalized spacial score (nSPS) is 19.2. The Labute approximate surface area is 375 Å². The van der Waals surface area contributed by atoms with Crippen LogP contribution in [0.3, 0.4) is 0 Å². The molecule has 0 aliphatic carbocycles. The number of H-pyrrole nitrogens is 1. The van der Waals surface area contributed by atoms with Crippen LogP contribution in [0.1, 0.15) is 99.7 Å². The lowest BCUT2D eigenvalue weighted by atomic mass is 9.93. The monoisotopic (exact) mass is 886 g/mol. The van der Waals surface area contributed by atoms with Crippen LogP contribution in [0, 0.1) is 5.92 Å². The van der Waals surface area contributed by atoms with Gasteiger partial charge in [0.2, 0.25) is 0 Å². The highest BCUT2D eigenvalue weighted by molar-refractivity contribution is 6.44. The first-order valence-electron chi connectivity index (χ1n) is 21.8. The molecule has 5 aromatic rings. The summed E-state index contributed by atoms with van der Waals surface area (Å²) >= 11 is 6.51. The van der Waals surface area contributed by atoms with Crippen molar-refractivity contribution in [1.82, 2.24) is 29.2 Å². The van der Waals surface area contributed by atoms with Gasteiger partial charge in [0.1, 0.15) is 28.3 Å². The Morgan fingerprint density at radius 3 is 2.36 bits per heavy atom. The van der Waals surface area contributed by atoms with Gasteiger partial charge in [0.05, 0.1) is 10.7 Å². The molecule has 6 heterocycles. The summed E-state index contributed by atoms with van der Waals surface area (Å²) in [5.74, 6) is -4.78. The Morgan fingerprint density at radius 1 is 0.859 bits per heavy atom. The van der Waals surface area contributed by atoms with E-state index >= 15 is 0 Å². The number of likely N-dealkylation sites (tertiary alicyclic amines) is 1. The Balaban J connectivity index is 0.940. The standard InChI is InChI=1S/C48H51ClN8O7/c1-28-24-57(47(62)40-36(49)21-35-22-51-41(38(35)53-40)43(58)48(63)64)29(2)23-55(28)25-32-10-6-11-33(20-32)26-56-27-34-15-16-37(52-39(34)42(56)44(59)45(50)60)46(61)54-18-7-12-31(17-19-54)14-13-30-8-4-3-5-9-30/h3-6,8-11,20-22,27-29,31,51H,7,12-19,23-26H2,1-2H3,(H2,50,60)(H,63,64)/t28-,29+,31?/m0/s1. The van der Waals surface area contributed by atoms with Crippen LogP contribution in [0.25, 0.3) is 10.9 Å². The summed E-state index contributed by atoms with van der Waals surface area (Å²) in [6.07, 6.45) is 9.20. The molecule has 16 heteroatoms. The number of aryl methyl sites for hydroxylation is 2. The van der Waals surface area contributed by atoms with E-state index in [9.17, 15) is 33.9 Å². The molecule has 3 atom stereocenters. The highest BCUT2D eigenvalue weighted by atomic mass is 35.5. The number of halogens is 1. The quantitative estimate of drug-likeness (QED) is 0.0934. The zero-order chi connectivity index (χ0) is 45.2. The fourth-order valence-electron chi connectivity index (χ4n) is 9.40. The number of carbonyl (C=O) groups excluding carboxylic acids is 5. The number of nitrogens with two attached hydrogens (primary N) is 1. The molecule has 2 aromatic carbocycles. The number of amides is 3. The fraction of sp³-hybridized carbons (Fsp3) is 0.375. The molecule has 2 fully saturated rings. The minimum absolute atomic E-state index is 0.0601. The van der Waals surface area contributed by atoms with Crippen LogP contribution in [0.2, 0.25) is 5.02 Å². The van der Waals surface area contributed by atoms with Crippen molar-refractivity contribution >= 4 is 69.2 Å². The molecule has 3 amide bonds. The van der Waals surface area contributed by atoms with Crippen molar-refractivity contribution in [3.63, 3.8) is 0 Å². The number of aliphatic imine (C=N–C) groups is 1. The van der Waals surface area contributed by atoms with E-state index in [-0.39, 0.29) is 52.2 Å². The predicted octanol–water partition coefficient (Wildman–Crippen LogP) is 6.02. The highest BCUT2D eigenvalue weighted by Crippen LogP contribution is 2.34. The number of nitrogens with one attached hydrogen (secondary N) is 1. The summed E-state index contributed by atoms with van der Waals surface area (Å²) in [7, 11) is 0. The van der Waals surface area contributed by atoms with Gasteiger partial charge in [-0.2, -0.15) is 0 Å². The van der Waals surface area contributed by atoms with E-state index in [1.807, 2.05) is 55.3 Å². The van der Waals surface area contributed by atoms with Crippen LogP contribution in [0.4, 0.5) is 5.69 Å². The number of aliphatic carboxylic acids is 1. The number of nitrogens with zero attached hydrogens (tertiary/aromatic N) is 6. The van der Waals surface area contributed by atoms with E-state index in [2.05, 4.69) is 39.1 Å². The van der Waals surface area contributed by atoms with Crippen LogP contribution in [0.15, 0.2) is 78.0 Å². The number of pyridine rings is 1. The number of aromatic amines is 1. The summed E-state index contributed by atoms with van der Waals surface area (Å²) in [6.45, 7) is 6.96. The molecule has 1 unspecified atom stereocenters. The third kappa shape index (κ3) is 9.27. The summed E-state index contributed by atoms with van der Waals surface area (Å²) in [5, 5.41) is 9.76. The molecule has 3 aliphatic heterocycles. The van der Waals surface area contributed by atoms with Crippen molar-refractivity contribution in [3.05, 3.63) is 117 Å². The summed E-state index contributed by atoms with van der Waals surface area (Å²) < 4.78 is 1.72. The number of ketones is 2. The summed E-state index contributed by atoms with van der Waals surface area (Å²) in [6, 6.07) is 19.6. The minimum atomic E-state index is -1.65. The van der Waals surface area contributed by atoms with E-state index in [0.29, 0.717) is 68.3 Å². The molecule has 2 saturated heterocycles. The first-order chi connectivity index (χ1) is 30.7. The van der Waals surface area contributed by atoms with Gasteiger partial charge in [-0.05, 0) is 93.0 Å².